The molecule has 1 amide bonds. The number of benzene rings is 6. The van der Waals surface area contributed by atoms with Gasteiger partial charge in [0.15, 0.2) is 0 Å². The lowest BCUT2D eigenvalue weighted by Gasteiger charge is -2.43. The van der Waals surface area contributed by atoms with Gasteiger partial charge in [-0.05, 0) is 47.5 Å². The first-order valence-corrected chi connectivity index (χ1v) is 19.8. The zero-order valence-corrected chi connectivity index (χ0v) is 36.1. The third-order valence-corrected chi connectivity index (χ3v) is 11.5. The zero-order valence-electron chi connectivity index (χ0n) is 36.1. The van der Waals surface area contributed by atoms with E-state index < -0.39 is 11.5 Å². The molecule has 0 bridgehead atoms. The molecule has 0 saturated carbocycles. The van der Waals surface area contributed by atoms with Crippen molar-refractivity contribution in [2.75, 3.05) is 78.1 Å². The fourth-order valence-corrected chi connectivity index (χ4v) is 8.35. The molecule has 5 aromatic carbocycles. The summed E-state index contributed by atoms with van der Waals surface area (Å²) in [6, 6.07) is 39.3. The maximum Gasteiger partial charge on any atom is 0.255 e. The number of carboxylic acids is 1. The molecule has 0 unspecified atom stereocenters. The predicted octanol–water partition coefficient (Wildman–Crippen LogP) is 5.41. The van der Waals surface area contributed by atoms with Crippen LogP contribution in [0.2, 0.25) is 0 Å². The summed E-state index contributed by atoms with van der Waals surface area (Å²) in [5, 5.41) is 17.9. The van der Waals surface area contributed by atoms with Crippen LogP contribution >= 0.6 is 0 Å². The van der Waals surface area contributed by atoms with Gasteiger partial charge in [0.1, 0.15) is 49.2 Å². The summed E-state index contributed by atoms with van der Waals surface area (Å²) in [7, 11) is 17.8. The highest BCUT2D eigenvalue weighted by Gasteiger charge is 2.54. The van der Waals surface area contributed by atoms with Gasteiger partial charge in [0.05, 0.1) is 12.0 Å². The summed E-state index contributed by atoms with van der Waals surface area (Å²) in [4.78, 5) is 33.1. The third-order valence-electron chi connectivity index (χ3n) is 11.5. The number of anilines is 3. The molecule has 0 radical (unpaired) electrons. The van der Waals surface area contributed by atoms with Gasteiger partial charge in [-0.25, -0.2) is 4.58 Å². The maximum atomic E-state index is 13.3. The van der Waals surface area contributed by atoms with E-state index in [1.165, 1.54) is 0 Å². The first-order valence-electron chi connectivity index (χ1n) is 19.8. The van der Waals surface area contributed by atoms with E-state index in [9.17, 15) is 14.7 Å². The number of carboxylic acid groups (broad SMARTS) is 1. The van der Waals surface area contributed by atoms with Gasteiger partial charge in [-0.3, -0.25) is 10.2 Å². The molecule has 0 fully saturated rings. The first kappa shape index (κ1) is 41.7. The fraction of sp³-hybridized carbons (Fsp3) is 0.200. The van der Waals surface area contributed by atoms with Gasteiger partial charge in [-0.15, -0.1) is 0 Å². The molecule has 3 aliphatic heterocycles. The van der Waals surface area contributed by atoms with Crippen molar-refractivity contribution in [1.29, 1.82) is 0 Å². The van der Waals surface area contributed by atoms with Crippen LogP contribution in [0, 0.1) is 0 Å². The number of ether oxygens (including phenoxy) is 1. The van der Waals surface area contributed by atoms with Gasteiger partial charge in [-0.1, -0.05) is 54.6 Å². The Bertz CT molecular complexity index is 2820. The van der Waals surface area contributed by atoms with E-state index in [2.05, 4.69) is 64.4 Å². The fourth-order valence-electron chi connectivity index (χ4n) is 8.35. The molecule has 0 atom stereocenters. The summed E-state index contributed by atoms with van der Waals surface area (Å²) < 4.78 is 14.7. The SMILES string of the molecule is C=[NH2+].CN(C)c1ccc2c(-c3ccccc3C(=O)[O-])c3ccc(=[N+](C)C)cc-3oc2c1.CN(C)c1ccc2c(c1)Oc1cc(N(C)C)ccc1C21c2ccccc2C(=O)N1C. The number of carbonyl (C=O) groups is 2. The Labute approximate surface area is 356 Å². The van der Waals surface area contributed by atoms with E-state index in [-0.39, 0.29) is 11.5 Å². The van der Waals surface area contributed by atoms with Gasteiger partial charge < -0.3 is 38.7 Å². The number of rotatable bonds is 5. The van der Waals surface area contributed by atoms with Crippen LogP contribution in [0.15, 0.2) is 126 Å². The standard InChI is InChI=1S/C25H25N3O2.C24H22N2O3.CH3N/c1-26(2)16-10-12-20-22(14-16)30-23-15-17(27(3)4)11-13-21(23)25(20)19-9-7-6-8-18(19)24(29)28(25)5;1-25(2)15-9-11-19-21(13-15)29-22-14-16(26(3)4)10-12-20(22)23(19)17-7-5-6-8-18(17)24(27)28;1-2/h6-15H,1-5H3;5-14H,1-4H3;2H,1H2/p+1. The van der Waals surface area contributed by atoms with Crippen molar-refractivity contribution in [1.82, 2.24) is 9.48 Å². The molecule has 4 aliphatic rings. The van der Waals surface area contributed by atoms with Crippen LogP contribution in [0.5, 0.6) is 11.5 Å². The Morgan fingerprint density at radius 3 is 1.79 bits per heavy atom. The Kier molecular flexibility index (Phi) is 11.2. The van der Waals surface area contributed by atoms with E-state index in [1.807, 2.05) is 145 Å². The summed E-state index contributed by atoms with van der Waals surface area (Å²) in [6.07, 6.45) is 0. The van der Waals surface area contributed by atoms with Crippen molar-refractivity contribution < 1.29 is 29.3 Å². The molecule has 9 rings (SSSR count). The molecule has 11 nitrogen and oxygen atoms in total. The molecule has 5 aromatic rings. The Hall–Kier alpha value is -7.40. The average molecular weight is 816 g/mol. The molecule has 0 aromatic heterocycles. The highest BCUT2D eigenvalue weighted by atomic mass is 16.5. The van der Waals surface area contributed by atoms with Gasteiger partial charge in [0, 0.05) is 129 Å². The summed E-state index contributed by atoms with van der Waals surface area (Å²) in [5.41, 5.74) is 9.27. The lowest BCUT2D eigenvalue weighted by atomic mass is 9.75. The second-order valence-electron chi connectivity index (χ2n) is 15.8. The number of nitrogens with two attached hydrogens (primary N) is 1. The molecule has 1 spiro atoms. The summed E-state index contributed by atoms with van der Waals surface area (Å²) >= 11 is 0. The van der Waals surface area contributed by atoms with E-state index >= 15 is 0 Å². The predicted molar refractivity (Wildman–Crippen MR) is 243 cm³/mol. The molecule has 3 heterocycles. The molecule has 11 heteroatoms. The summed E-state index contributed by atoms with van der Waals surface area (Å²) in [6.45, 7) is 2.75. The lowest BCUT2D eigenvalue weighted by Crippen LogP contribution is -2.45. The maximum absolute atomic E-state index is 13.3. The van der Waals surface area contributed by atoms with E-state index in [4.69, 9.17) is 9.15 Å². The number of fused-ring (bicyclic) bond motifs is 8. The highest BCUT2D eigenvalue weighted by molar-refractivity contribution is 6.07. The Balaban J connectivity index is 0.000000177. The number of hydrogen-bond donors (Lipinski definition) is 1. The minimum absolute atomic E-state index is 0.0257. The number of aromatic carboxylic acids is 1. The molecular weight excluding hydrogens is 765 g/mol. The average Bonchev–Trinajstić information content (AvgIpc) is 3.48. The van der Waals surface area contributed by atoms with Crippen molar-refractivity contribution in [2.45, 2.75) is 5.54 Å². The molecule has 310 valence electrons. The minimum atomic E-state index is -1.20. The minimum Gasteiger partial charge on any atom is -0.545 e. The first-order chi connectivity index (χ1) is 29.2. The largest absolute Gasteiger partial charge is 0.545 e. The van der Waals surface area contributed by atoms with Crippen LogP contribution < -0.4 is 39.9 Å². The smallest absolute Gasteiger partial charge is 0.255 e. The zero-order chi connectivity index (χ0) is 43.9. The normalized spacial score (nSPS) is 12.9. The van der Waals surface area contributed by atoms with Gasteiger partial charge in [0.2, 0.25) is 5.36 Å². The van der Waals surface area contributed by atoms with E-state index in [0.29, 0.717) is 16.9 Å². The Morgan fingerprint density at radius 2 is 1.21 bits per heavy atom. The number of nitrogens with zero attached hydrogens (tertiary/aromatic N) is 5. The van der Waals surface area contributed by atoms with Gasteiger partial charge in [0.25, 0.3) is 5.91 Å². The van der Waals surface area contributed by atoms with Crippen molar-refractivity contribution >= 4 is 46.6 Å². The Morgan fingerprint density at radius 1 is 0.672 bits per heavy atom. The summed E-state index contributed by atoms with van der Waals surface area (Å²) in [5.74, 6) is 1.08. The lowest BCUT2D eigenvalue weighted by molar-refractivity contribution is -0.254. The van der Waals surface area contributed by atoms with Crippen molar-refractivity contribution in [3.63, 3.8) is 0 Å². The molecule has 61 heavy (non-hydrogen) atoms. The van der Waals surface area contributed by atoms with Crippen LogP contribution in [0.4, 0.5) is 17.1 Å². The van der Waals surface area contributed by atoms with Crippen molar-refractivity contribution in [3.05, 3.63) is 155 Å². The van der Waals surface area contributed by atoms with Gasteiger partial charge >= 0.3 is 0 Å². The van der Waals surface area contributed by atoms with Crippen LogP contribution in [0.25, 0.3) is 33.4 Å². The molecule has 2 N–H and O–H groups in total. The van der Waals surface area contributed by atoms with Gasteiger partial charge in [-0.2, -0.15) is 0 Å². The van der Waals surface area contributed by atoms with Crippen molar-refractivity contribution in [3.8, 4) is 33.9 Å². The van der Waals surface area contributed by atoms with Crippen molar-refractivity contribution in [2.24, 2.45) is 0 Å². The number of amides is 1. The molecule has 1 aliphatic carbocycles. The van der Waals surface area contributed by atoms with E-state index in [1.54, 1.807) is 12.1 Å². The monoisotopic (exact) mass is 815 g/mol. The second kappa shape index (κ2) is 16.3. The van der Waals surface area contributed by atoms with E-state index in [0.717, 1.165) is 72.7 Å². The quantitative estimate of drug-likeness (QED) is 0.139. The molecule has 0 saturated heterocycles. The topological polar surface area (TPSA) is 121 Å². The van der Waals surface area contributed by atoms with Crippen LogP contribution in [0.1, 0.15) is 37.4 Å². The number of hydrogen-bond acceptors (Lipinski definition) is 8. The third kappa shape index (κ3) is 7.01. The van der Waals surface area contributed by atoms with Crippen LogP contribution in [-0.4, -0.2) is 86.9 Å². The highest BCUT2D eigenvalue weighted by Crippen LogP contribution is 2.57. The van der Waals surface area contributed by atoms with Crippen LogP contribution in [0.3, 0.4) is 0 Å². The number of carbonyl (C=O) groups excluding carboxylic acids is 2. The van der Waals surface area contributed by atoms with Crippen LogP contribution in [-0.2, 0) is 5.54 Å². The second-order valence-corrected chi connectivity index (χ2v) is 15.8. The molecular formula is C50H51N6O5+.